The highest BCUT2D eigenvalue weighted by atomic mass is 16.5. The van der Waals surface area contributed by atoms with E-state index >= 15 is 0 Å². The molecule has 1 heterocycles. The third kappa shape index (κ3) is 3.19. The van der Waals surface area contributed by atoms with Crippen LogP contribution in [0.4, 0.5) is 0 Å². The average Bonchev–Trinajstić information content (AvgIpc) is 2.91. The zero-order chi connectivity index (χ0) is 14.5. The lowest BCUT2D eigenvalue weighted by molar-refractivity contribution is 0.411. The molecule has 0 saturated carbocycles. The van der Waals surface area contributed by atoms with Crippen molar-refractivity contribution in [2.75, 3.05) is 7.11 Å². The Bertz CT molecular complexity index is 626. The Balaban J connectivity index is 2.02. The maximum atomic E-state index is 9.07. The van der Waals surface area contributed by atoms with Gasteiger partial charge in [-0.2, -0.15) is 5.26 Å². The van der Waals surface area contributed by atoms with Gasteiger partial charge in [-0.1, -0.05) is 6.07 Å². The van der Waals surface area contributed by atoms with E-state index in [0.29, 0.717) is 17.9 Å². The minimum absolute atomic E-state index is 0.122. The second kappa shape index (κ2) is 6.27. The SMILES string of the molecule is COc1ccc(CNC(C)c2ccc(C)o2)cc1C#N. The van der Waals surface area contributed by atoms with Crippen molar-refractivity contribution in [3.8, 4) is 11.8 Å². The summed E-state index contributed by atoms with van der Waals surface area (Å²) in [6.07, 6.45) is 0. The molecule has 0 amide bonds. The molecule has 1 unspecified atom stereocenters. The van der Waals surface area contributed by atoms with Crippen molar-refractivity contribution < 1.29 is 9.15 Å². The summed E-state index contributed by atoms with van der Waals surface area (Å²) in [6, 6.07) is 11.8. The van der Waals surface area contributed by atoms with Crippen LogP contribution < -0.4 is 10.1 Å². The number of ether oxygens (including phenoxy) is 1. The number of nitriles is 1. The molecule has 0 bridgehead atoms. The zero-order valence-electron chi connectivity index (χ0n) is 11.9. The molecule has 0 saturated heterocycles. The summed E-state index contributed by atoms with van der Waals surface area (Å²) in [6.45, 7) is 4.64. The van der Waals surface area contributed by atoms with E-state index in [1.165, 1.54) is 0 Å². The van der Waals surface area contributed by atoms with Crippen LogP contribution in [0, 0.1) is 18.3 Å². The van der Waals surface area contributed by atoms with Gasteiger partial charge in [-0.15, -0.1) is 0 Å². The van der Waals surface area contributed by atoms with Crippen LogP contribution in [-0.4, -0.2) is 7.11 Å². The maximum absolute atomic E-state index is 9.07. The molecule has 20 heavy (non-hydrogen) atoms. The fourth-order valence-electron chi connectivity index (χ4n) is 2.01. The molecule has 0 aliphatic rings. The molecule has 2 aromatic rings. The monoisotopic (exact) mass is 270 g/mol. The maximum Gasteiger partial charge on any atom is 0.136 e. The number of benzene rings is 1. The number of rotatable bonds is 5. The molecule has 1 aromatic heterocycles. The first kappa shape index (κ1) is 14.2. The van der Waals surface area contributed by atoms with Crippen LogP contribution in [0.25, 0.3) is 0 Å². The largest absolute Gasteiger partial charge is 0.495 e. The van der Waals surface area contributed by atoms with Gasteiger partial charge in [-0.3, -0.25) is 0 Å². The summed E-state index contributed by atoms with van der Waals surface area (Å²) in [4.78, 5) is 0. The lowest BCUT2D eigenvalue weighted by Gasteiger charge is -2.12. The van der Waals surface area contributed by atoms with Crippen molar-refractivity contribution >= 4 is 0 Å². The van der Waals surface area contributed by atoms with Crippen LogP contribution in [0.5, 0.6) is 5.75 Å². The topological polar surface area (TPSA) is 58.2 Å². The number of hydrogen-bond donors (Lipinski definition) is 1. The molecule has 0 fully saturated rings. The molecule has 1 N–H and O–H groups in total. The summed E-state index contributed by atoms with van der Waals surface area (Å²) >= 11 is 0. The third-order valence-corrected chi connectivity index (χ3v) is 3.18. The number of nitrogens with zero attached hydrogens (tertiary/aromatic N) is 1. The van der Waals surface area contributed by atoms with Crippen molar-refractivity contribution in [3.63, 3.8) is 0 Å². The first-order valence-corrected chi connectivity index (χ1v) is 6.50. The van der Waals surface area contributed by atoms with Crippen LogP contribution >= 0.6 is 0 Å². The zero-order valence-corrected chi connectivity index (χ0v) is 11.9. The molecular weight excluding hydrogens is 252 g/mol. The van der Waals surface area contributed by atoms with Crippen molar-refractivity contribution in [3.05, 3.63) is 53.0 Å². The van der Waals surface area contributed by atoms with Crippen molar-refractivity contribution in [1.82, 2.24) is 5.32 Å². The third-order valence-electron chi connectivity index (χ3n) is 3.18. The predicted molar refractivity (Wildman–Crippen MR) is 76.4 cm³/mol. The Hall–Kier alpha value is -2.25. The molecule has 4 heteroatoms. The van der Waals surface area contributed by atoms with E-state index in [0.717, 1.165) is 17.1 Å². The summed E-state index contributed by atoms with van der Waals surface area (Å²) in [5.74, 6) is 2.42. The van der Waals surface area contributed by atoms with Gasteiger partial charge < -0.3 is 14.5 Å². The molecule has 0 radical (unpaired) electrons. The van der Waals surface area contributed by atoms with E-state index in [-0.39, 0.29) is 6.04 Å². The van der Waals surface area contributed by atoms with Gasteiger partial charge in [0.05, 0.1) is 18.7 Å². The van der Waals surface area contributed by atoms with Crippen LogP contribution in [0.15, 0.2) is 34.7 Å². The standard InChI is InChI=1S/C16H18N2O2/c1-11-4-6-15(20-11)12(2)18-10-13-5-7-16(19-3)14(8-13)9-17/h4-8,12,18H,10H2,1-3H3. The highest BCUT2D eigenvalue weighted by molar-refractivity contribution is 5.45. The van der Waals surface area contributed by atoms with E-state index < -0.39 is 0 Å². The van der Waals surface area contributed by atoms with Crippen LogP contribution in [-0.2, 0) is 6.54 Å². The van der Waals surface area contributed by atoms with E-state index in [4.69, 9.17) is 14.4 Å². The Labute approximate surface area is 119 Å². The first-order chi connectivity index (χ1) is 9.63. The molecular formula is C16H18N2O2. The van der Waals surface area contributed by atoms with Crippen molar-refractivity contribution in [1.29, 1.82) is 5.26 Å². The van der Waals surface area contributed by atoms with E-state index in [9.17, 15) is 0 Å². The predicted octanol–water partition coefficient (Wildman–Crippen LogP) is 3.32. The Morgan fingerprint density at radius 3 is 2.75 bits per heavy atom. The quantitative estimate of drug-likeness (QED) is 0.905. The molecule has 0 aliphatic carbocycles. The lowest BCUT2D eigenvalue weighted by atomic mass is 10.1. The fraction of sp³-hybridized carbons (Fsp3) is 0.312. The van der Waals surface area contributed by atoms with Gasteiger partial charge in [0.2, 0.25) is 0 Å². The van der Waals surface area contributed by atoms with Crippen LogP contribution in [0.3, 0.4) is 0 Å². The number of aryl methyl sites for hydroxylation is 1. The van der Waals surface area contributed by atoms with Crippen LogP contribution in [0.1, 0.15) is 35.6 Å². The Morgan fingerprint density at radius 2 is 2.15 bits per heavy atom. The van der Waals surface area contributed by atoms with Gasteiger partial charge in [0, 0.05) is 6.54 Å². The first-order valence-electron chi connectivity index (χ1n) is 6.50. The molecule has 1 atom stereocenters. The highest BCUT2D eigenvalue weighted by Crippen LogP contribution is 2.20. The fourth-order valence-corrected chi connectivity index (χ4v) is 2.01. The van der Waals surface area contributed by atoms with Crippen molar-refractivity contribution in [2.45, 2.75) is 26.4 Å². The summed E-state index contributed by atoms with van der Waals surface area (Å²) in [5, 5.41) is 12.4. The number of hydrogen-bond acceptors (Lipinski definition) is 4. The minimum atomic E-state index is 0.122. The van der Waals surface area contributed by atoms with E-state index in [1.807, 2.05) is 44.2 Å². The summed E-state index contributed by atoms with van der Waals surface area (Å²) in [7, 11) is 1.56. The highest BCUT2D eigenvalue weighted by Gasteiger charge is 2.09. The number of methoxy groups -OCH3 is 1. The second-order valence-electron chi connectivity index (χ2n) is 4.70. The van der Waals surface area contributed by atoms with E-state index in [2.05, 4.69) is 11.4 Å². The van der Waals surface area contributed by atoms with Gasteiger partial charge in [0.1, 0.15) is 23.3 Å². The van der Waals surface area contributed by atoms with Gasteiger partial charge in [0.25, 0.3) is 0 Å². The lowest BCUT2D eigenvalue weighted by Crippen LogP contribution is -2.17. The van der Waals surface area contributed by atoms with Crippen molar-refractivity contribution in [2.24, 2.45) is 0 Å². The smallest absolute Gasteiger partial charge is 0.136 e. The molecule has 0 aliphatic heterocycles. The Morgan fingerprint density at radius 1 is 1.35 bits per heavy atom. The molecule has 0 spiro atoms. The van der Waals surface area contributed by atoms with Crippen LogP contribution in [0.2, 0.25) is 0 Å². The second-order valence-corrected chi connectivity index (χ2v) is 4.70. The van der Waals surface area contributed by atoms with Gasteiger partial charge in [-0.05, 0) is 43.7 Å². The summed E-state index contributed by atoms with van der Waals surface area (Å²) < 4.78 is 10.7. The van der Waals surface area contributed by atoms with E-state index in [1.54, 1.807) is 7.11 Å². The van der Waals surface area contributed by atoms with Gasteiger partial charge in [0.15, 0.2) is 0 Å². The molecule has 1 aromatic carbocycles. The average molecular weight is 270 g/mol. The number of furan rings is 1. The molecule has 104 valence electrons. The minimum Gasteiger partial charge on any atom is -0.495 e. The molecule has 2 rings (SSSR count). The molecule has 4 nitrogen and oxygen atoms in total. The van der Waals surface area contributed by atoms with Gasteiger partial charge >= 0.3 is 0 Å². The normalized spacial score (nSPS) is 11.9. The Kier molecular flexibility index (Phi) is 4.44. The number of nitrogens with one attached hydrogen (secondary N) is 1. The summed E-state index contributed by atoms with van der Waals surface area (Å²) in [5.41, 5.74) is 1.59. The van der Waals surface area contributed by atoms with Gasteiger partial charge in [-0.25, -0.2) is 0 Å².